The summed E-state index contributed by atoms with van der Waals surface area (Å²) >= 11 is 0.824. The molecule has 1 N–H and O–H groups in total. The lowest BCUT2D eigenvalue weighted by Gasteiger charge is -2.14. The van der Waals surface area contributed by atoms with Gasteiger partial charge < -0.3 is 5.32 Å². The molecular weight excluding hydrogens is 482 g/mol. The number of nitrogens with zero attached hydrogens (tertiary/aromatic N) is 2. The molecular formula is C25H17F4N3O2S. The molecule has 0 saturated heterocycles. The van der Waals surface area contributed by atoms with E-state index in [1.807, 2.05) is 18.2 Å². The van der Waals surface area contributed by atoms with Crippen molar-refractivity contribution in [3.05, 3.63) is 93.3 Å². The first-order valence-electron chi connectivity index (χ1n) is 10.7. The fourth-order valence-electron chi connectivity index (χ4n) is 4.14. The highest BCUT2D eigenvalue weighted by atomic mass is 32.2. The average Bonchev–Trinajstić information content (AvgIpc) is 3.29. The van der Waals surface area contributed by atoms with Gasteiger partial charge in [0.2, 0.25) is 5.91 Å². The van der Waals surface area contributed by atoms with E-state index in [1.165, 1.54) is 23.3 Å². The first-order valence-corrected chi connectivity index (χ1v) is 11.7. The highest BCUT2D eigenvalue weighted by Crippen LogP contribution is 2.27. The van der Waals surface area contributed by atoms with E-state index in [-0.39, 0.29) is 22.1 Å². The maximum absolute atomic E-state index is 14.4. The molecule has 5 rings (SSSR count). The quantitative estimate of drug-likeness (QED) is 0.178. The number of anilines is 1. The number of aromatic nitrogens is 2. The minimum absolute atomic E-state index is 0.0100. The molecule has 1 aliphatic carbocycles. The van der Waals surface area contributed by atoms with Crippen molar-refractivity contribution in [2.75, 3.05) is 11.1 Å². The minimum atomic E-state index is -1.70. The smallest absolute Gasteiger partial charge is 0.269 e. The zero-order chi connectivity index (χ0) is 24.7. The Morgan fingerprint density at radius 2 is 1.71 bits per heavy atom. The first kappa shape index (κ1) is 23.1. The van der Waals surface area contributed by atoms with Gasteiger partial charge in [0.05, 0.1) is 17.0 Å². The predicted molar refractivity (Wildman–Crippen MR) is 125 cm³/mol. The summed E-state index contributed by atoms with van der Waals surface area (Å²) in [5.41, 5.74) is 1.75. The van der Waals surface area contributed by atoms with Crippen molar-refractivity contribution in [1.29, 1.82) is 0 Å². The van der Waals surface area contributed by atoms with E-state index in [9.17, 15) is 27.2 Å². The molecule has 0 bridgehead atoms. The molecule has 0 radical (unpaired) electrons. The third kappa shape index (κ3) is 4.41. The van der Waals surface area contributed by atoms with Crippen LogP contribution in [0.4, 0.5) is 23.2 Å². The number of amides is 1. The Kier molecular flexibility index (Phi) is 6.06. The number of hydrogen-bond donors (Lipinski definition) is 1. The number of thioether (sulfide) groups is 1. The van der Waals surface area contributed by atoms with E-state index in [2.05, 4.69) is 10.3 Å². The summed E-state index contributed by atoms with van der Waals surface area (Å²) in [7, 11) is 0. The number of aryl methyl sites for hydroxylation is 2. The summed E-state index contributed by atoms with van der Waals surface area (Å²) in [6, 6.07) is 10.8. The summed E-state index contributed by atoms with van der Waals surface area (Å²) in [4.78, 5) is 30.0. The van der Waals surface area contributed by atoms with Crippen LogP contribution in [-0.2, 0) is 17.6 Å². The molecule has 10 heteroatoms. The van der Waals surface area contributed by atoms with Gasteiger partial charge in [0, 0.05) is 17.8 Å². The van der Waals surface area contributed by atoms with Crippen molar-refractivity contribution < 1.29 is 22.4 Å². The Morgan fingerprint density at radius 3 is 2.49 bits per heavy atom. The van der Waals surface area contributed by atoms with Crippen LogP contribution >= 0.6 is 11.8 Å². The van der Waals surface area contributed by atoms with Gasteiger partial charge in [0.1, 0.15) is 11.2 Å². The monoisotopic (exact) mass is 499 g/mol. The van der Waals surface area contributed by atoms with E-state index >= 15 is 0 Å². The lowest BCUT2D eigenvalue weighted by molar-refractivity contribution is -0.113. The van der Waals surface area contributed by atoms with E-state index in [4.69, 9.17) is 0 Å². The number of hydrogen-bond acceptors (Lipinski definition) is 4. The molecule has 178 valence electrons. The highest BCUT2D eigenvalue weighted by Gasteiger charge is 2.20. The van der Waals surface area contributed by atoms with Crippen LogP contribution in [-0.4, -0.2) is 21.2 Å². The molecule has 0 atom stereocenters. The van der Waals surface area contributed by atoms with Crippen LogP contribution < -0.4 is 10.9 Å². The maximum Gasteiger partial charge on any atom is 0.269 e. The summed E-state index contributed by atoms with van der Waals surface area (Å²) in [5, 5.41) is 2.28. The average molecular weight is 499 g/mol. The van der Waals surface area contributed by atoms with E-state index < -0.39 is 40.1 Å². The number of fused-ring (bicyclic) bond motifs is 2. The van der Waals surface area contributed by atoms with Crippen molar-refractivity contribution in [2.24, 2.45) is 0 Å². The Morgan fingerprint density at radius 1 is 0.971 bits per heavy atom. The molecule has 1 amide bonds. The van der Waals surface area contributed by atoms with E-state index in [0.29, 0.717) is 17.8 Å². The summed E-state index contributed by atoms with van der Waals surface area (Å²) in [6.07, 6.45) is 3.02. The van der Waals surface area contributed by atoms with Gasteiger partial charge in [-0.15, -0.1) is 0 Å². The summed E-state index contributed by atoms with van der Waals surface area (Å²) < 4.78 is 56.6. The van der Waals surface area contributed by atoms with Gasteiger partial charge in [-0.1, -0.05) is 23.9 Å². The number of halogens is 4. The van der Waals surface area contributed by atoms with Gasteiger partial charge >= 0.3 is 0 Å². The van der Waals surface area contributed by atoms with Gasteiger partial charge in [0.25, 0.3) is 5.56 Å². The fraction of sp³-hybridized carbons (Fsp3) is 0.160. The van der Waals surface area contributed by atoms with Crippen molar-refractivity contribution in [2.45, 2.75) is 24.4 Å². The lowest BCUT2D eigenvalue weighted by atomic mass is 10.1. The Bertz CT molecular complexity index is 1530. The molecule has 0 unspecified atom stereocenters. The molecule has 35 heavy (non-hydrogen) atoms. The van der Waals surface area contributed by atoms with E-state index in [0.717, 1.165) is 41.7 Å². The molecule has 3 aromatic carbocycles. The SMILES string of the molecule is O=C(CSc1nc2cccc(F)c2c(=O)n1-c1cc(F)c(F)c(F)c1)Nc1ccc2c(c1)CCC2. The van der Waals surface area contributed by atoms with E-state index in [1.54, 1.807) is 0 Å². The zero-order valence-electron chi connectivity index (χ0n) is 18.1. The van der Waals surface area contributed by atoms with Gasteiger partial charge in [-0.25, -0.2) is 22.5 Å². The summed E-state index contributed by atoms with van der Waals surface area (Å²) in [6.45, 7) is 0. The number of carbonyl (C=O) groups excluding carboxylic acids is 1. The maximum atomic E-state index is 14.4. The second-order valence-electron chi connectivity index (χ2n) is 8.07. The summed E-state index contributed by atoms with van der Waals surface area (Å²) in [5.74, 6) is -6.22. The van der Waals surface area contributed by atoms with Crippen LogP contribution in [0, 0.1) is 23.3 Å². The van der Waals surface area contributed by atoms with Crippen LogP contribution in [0.15, 0.2) is 58.5 Å². The number of nitrogens with one attached hydrogen (secondary N) is 1. The molecule has 0 saturated carbocycles. The van der Waals surface area contributed by atoms with Gasteiger partial charge in [-0.05, 0) is 54.7 Å². The number of carbonyl (C=O) groups is 1. The fourth-order valence-corrected chi connectivity index (χ4v) is 4.95. The number of benzene rings is 3. The first-order chi connectivity index (χ1) is 16.8. The molecule has 5 nitrogen and oxygen atoms in total. The molecule has 1 aliphatic rings. The normalized spacial score (nSPS) is 12.7. The molecule has 4 aromatic rings. The standard InChI is InChI=1S/C25H17F4N3O2S/c26-17-5-2-6-20-22(17)24(34)32(16-10-18(27)23(29)19(28)11-16)25(31-20)35-12-21(33)30-15-8-7-13-3-1-4-14(13)9-15/h2,5-11H,1,3-4,12H2,(H,30,33). The van der Waals surface area contributed by atoms with Gasteiger partial charge in [0.15, 0.2) is 22.6 Å². The van der Waals surface area contributed by atoms with Gasteiger partial charge in [-0.3, -0.25) is 14.2 Å². The van der Waals surface area contributed by atoms with Crippen LogP contribution in [0.1, 0.15) is 17.5 Å². The van der Waals surface area contributed by atoms with Crippen molar-refractivity contribution in [3.63, 3.8) is 0 Å². The molecule has 0 fully saturated rings. The second kappa shape index (κ2) is 9.18. The molecule has 0 spiro atoms. The molecule has 1 heterocycles. The van der Waals surface area contributed by atoms with Crippen LogP contribution in [0.3, 0.4) is 0 Å². The van der Waals surface area contributed by atoms with Crippen LogP contribution in [0.25, 0.3) is 16.6 Å². The van der Waals surface area contributed by atoms with Crippen LogP contribution in [0.2, 0.25) is 0 Å². The topological polar surface area (TPSA) is 64.0 Å². The third-order valence-electron chi connectivity index (χ3n) is 5.76. The highest BCUT2D eigenvalue weighted by molar-refractivity contribution is 7.99. The molecule has 0 aliphatic heterocycles. The minimum Gasteiger partial charge on any atom is -0.325 e. The Labute approximate surface area is 200 Å². The van der Waals surface area contributed by atoms with Crippen molar-refractivity contribution in [3.8, 4) is 5.69 Å². The van der Waals surface area contributed by atoms with Crippen molar-refractivity contribution >= 4 is 34.3 Å². The lowest BCUT2D eigenvalue weighted by Crippen LogP contribution is -2.24. The predicted octanol–water partition coefficient (Wildman–Crippen LogP) is 5.16. The Balaban J connectivity index is 1.50. The third-order valence-corrected chi connectivity index (χ3v) is 6.70. The zero-order valence-corrected chi connectivity index (χ0v) is 18.9. The van der Waals surface area contributed by atoms with Crippen LogP contribution in [0.5, 0.6) is 0 Å². The molecule has 1 aromatic heterocycles. The van der Waals surface area contributed by atoms with Gasteiger partial charge in [-0.2, -0.15) is 0 Å². The van der Waals surface area contributed by atoms with Crippen molar-refractivity contribution in [1.82, 2.24) is 9.55 Å². The second-order valence-corrected chi connectivity index (χ2v) is 9.01. The number of rotatable bonds is 5. The largest absolute Gasteiger partial charge is 0.325 e. The Hall–Kier alpha value is -3.66.